The first kappa shape index (κ1) is 18.5. The van der Waals surface area contributed by atoms with Crippen molar-refractivity contribution in [2.45, 2.75) is 18.4 Å². The predicted octanol–water partition coefficient (Wildman–Crippen LogP) is 3.18. The van der Waals surface area contributed by atoms with Gasteiger partial charge in [0.25, 0.3) is 15.9 Å². The summed E-state index contributed by atoms with van der Waals surface area (Å²) >= 11 is 4.49. The largest absolute Gasteiger partial charge is 0.321 e. The third kappa shape index (κ3) is 3.94. The van der Waals surface area contributed by atoms with Gasteiger partial charge in [0.1, 0.15) is 5.69 Å². The topological polar surface area (TPSA) is 106 Å². The Morgan fingerprint density at radius 1 is 1.31 bits per heavy atom. The molecule has 136 valence electrons. The molecule has 8 nitrogen and oxygen atoms in total. The number of hydrogen-bond donors (Lipinski definition) is 2. The van der Waals surface area contributed by atoms with Crippen molar-refractivity contribution in [2.75, 3.05) is 10.0 Å². The number of nitrogens with zero attached hydrogens (tertiary/aromatic N) is 3. The molecule has 1 amide bonds. The first-order chi connectivity index (χ1) is 12.4. The van der Waals surface area contributed by atoms with Crippen molar-refractivity contribution in [1.29, 1.82) is 0 Å². The molecule has 2 aromatic heterocycles. The van der Waals surface area contributed by atoms with Gasteiger partial charge in [-0.3, -0.25) is 14.2 Å². The molecule has 0 radical (unpaired) electrons. The van der Waals surface area contributed by atoms with Crippen LogP contribution in [0.5, 0.6) is 0 Å². The number of aryl methyl sites for hydroxylation is 1. The molecular formula is C15H14BrN5O3S2. The van der Waals surface area contributed by atoms with Gasteiger partial charge in [0.05, 0.1) is 15.6 Å². The number of carbonyl (C=O) groups is 1. The van der Waals surface area contributed by atoms with Crippen LogP contribution in [0.3, 0.4) is 0 Å². The molecule has 0 atom stereocenters. The predicted molar refractivity (Wildman–Crippen MR) is 103 cm³/mol. The van der Waals surface area contributed by atoms with Gasteiger partial charge in [0.2, 0.25) is 0 Å². The zero-order chi connectivity index (χ0) is 18.7. The van der Waals surface area contributed by atoms with Crippen molar-refractivity contribution in [3.63, 3.8) is 0 Å². The van der Waals surface area contributed by atoms with Crippen LogP contribution >= 0.6 is 27.3 Å². The van der Waals surface area contributed by atoms with Crippen molar-refractivity contribution >= 4 is 54.0 Å². The molecule has 2 N–H and O–H groups in total. The van der Waals surface area contributed by atoms with Crippen LogP contribution in [0.2, 0.25) is 0 Å². The molecule has 0 fully saturated rings. The number of carbonyl (C=O) groups excluding carboxylic acids is 1. The Balaban J connectivity index is 1.75. The molecule has 0 spiro atoms. The second-order valence-electron chi connectivity index (χ2n) is 5.08. The minimum atomic E-state index is -3.73. The number of aromatic nitrogens is 3. The van der Waals surface area contributed by atoms with E-state index in [1.54, 1.807) is 16.3 Å². The van der Waals surface area contributed by atoms with Crippen LogP contribution in [0.1, 0.15) is 17.4 Å². The van der Waals surface area contributed by atoms with Gasteiger partial charge >= 0.3 is 0 Å². The highest BCUT2D eigenvalue weighted by Crippen LogP contribution is 2.21. The molecule has 1 aromatic carbocycles. The summed E-state index contributed by atoms with van der Waals surface area (Å²) in [4.78, 5) is 16.4. The fraction of sp³-hybridized carbons (Fsp3) is 0.133. The zero-order valence-electron chi connectivity index (χ0n) is 13.5. The Bertz CT molecular complexity index is 1010. The van der Waals surface area contributed by atoms with Crippen molar-refractivity contribution in [1.82, 2.24) is 14.8 Å². The summed E-state index contributed by atoms with van der Waals surface area (Å²) in [6, 6.07) is 5.87. The fourth-order valence-corrected chi connectivity index (χ4v) is 4.45. The lowest BCUT2D eigenvalue weighted by Crippen LogP contribution is -2.18. The van der Waals surface area contributed by atoms with Crippen LogP contribution in [-0.4, -0.2) is 29.1 Å². The highest BCUT2D eigenvalue weighted by Gasteiger charge is 2.18. The van der Waals surface area contributed by atoms with Gasteiger partial charge in [-0.25, -0.2) is 13.4 Å². The molecule has 3 rings (SSSR count). The normalized spacial score (nSPS) is 11.3. The molecule has 0 aliphatic carbocycles. The van der Waals surface area contributed by atoms with E-state index >= 15 is 0 Å². The lowest BCUT2D eigenvalue weighted by atomic mass is 10.3. The highest BCUT2D eigenvalue weighted by molar-refractivity contribution is 9.10. The lowest BCUT2D eigenvalue weighted by Gasteiger charge is -2.09. The summed E-state index contributed by atoms with van der Waals surface area (Å²) in [5.74, 6) is -0.340. The molecule has 0 unspecified atom stereocenters. The molecule has 0 saturated heterocycles. The SMILES string of the molecule is CCn1ncc(Br)c1C(=O)Nc1ccc(S(=O)(=O)Nc2nccs2)cc1. The van der Waals surface area contributed by atoms with E-state index in [-0.39, 0.29) is 10.8 Å². The van der Waals surface area contributed by atoms with Crippen molar-refractivity contribution in [2.24, 2.45) is 0 Å². The number of thiazole rings is 1. The number of sulfonamides is 1. The lowest BCUT2D eigenvalue weighted by molar-refractivity contribution is 0.101. The van der Waals surface area contributed by atoms with Crippen LogP contribution in [-0.2, 0) is 16.6 Å². The first-order valence-electron chi connectivity index (χ1n) is 7.45. The minimum Gasteiger partial charge on any atom is -0.321 e. The minimum absolute atomic E-state index is 0.0745. The fourth-order valence-electron chi connectivity index (χ4n) is 2.18. The number of anilines is 2. The Kier molecular flexibility index (Phi) is 5.39. The third-order valence-electron chi connectivity index (χ3n) is 3.39. The smallest absolute Gasteiger partial charge is 0.275 e. The summed E-state index contributed by atoms with van der Waals surface area (Å²) < 4.78 is 29.1. The molecule has 2 heterocycles. The average Bonchev–Trinajstić information content (AvgIpc) is 3.24. The molecule has 0 bridgehead atoms. The second-order valence-corrected chi connectivity index (χ2v) is 8.51. The number of nitrogens with one attached hydrogen (secondary N) is 2. The molecule has 0 aliphatic rings. The van der Waals surface area contributed by atoms with E-state index in [4.69, 9.17) is 0 Å². The van der Waals surface area contributed by atoms with Crippen LogP contribution in [0, 0.1) is 0 Å². The van der Waals surface area contributed by atoms with Crippen LogP contribution < -0.4 is 10.0 Å². The molecule has 0 saturated carbocycles. The number of halogens is 1. The van der Waals surface area contributed by atoms with E-state index in [1.165, 1.54) is 41.8 Å². The molecule has 0 aliphatic heterocycles. The quantitative estimate of drug-likeness (QED) is 0.593. The van der Waals surface area contributed by atoms with Crippen molar-refractivity contribution in [3.05, 3.63) is 52.2 Å². The van der Waals surface area contributed by atoms with E-state index in [2.05, 4.69) is 36.1 Å². The van der Waals surface area contributed by atoms with Gasteiger partial charge in [-0.2, -0.15) is 5.10 Å². The van der Waals surface area contributed by atoms with Crippen LogP contribution in [0.25, 0.3) is 0 Å². The van der Waals surface area contributed by atoms with Crippen molar-refractivity contribution < 1.29 is 13.2 Å². The summed E-state index contributed by atoms with van der Waals surface area (Å²) in [6.45, 7) is 2.43. The monoisotopic (exact) mass is 455 g/mol. The number of hydrogen-bond acceptors (Lipinski definition) is 6. The van der Waals surface area contributed by atoms with E-state index in [0.29, 0.717) is 27.5 Å². The third-order valence-corrected chi connectivity index (χ3v) is 6.14. The van der Waals surface area contributed by atoms with Gasteiger partial charge in [-0.1, -0.05) is 0 Å². The standard InChI is InChI=1S/C15H14BrN5O3S2/c1-2-21-13(12(16)9-18-21)14(22)19-10-3-5-11(6-4-10)26(23,24)20-15-17-7-8-25-15/h3-9H,2H2,1H3,(H,17,20)(H,19,22). The second kappa shape index (κ2) is 7.56. The van der Waals surface area contributed by atoms with Gasteiger partial charge in [0.15, 0.2) is 5.13 Å². The van der Waals surface area contributed by atoms with E-state index in [1.807, 2.05) is 6.92 Å². The maximum absolute atomic E-state index is 12.4. The summed E-state index contributed by atoms with van der Waals surface area (Å²) in [5, 5.41) is 8.79. The van der Waals surface area contributed by atoms with Gasteiger partial charge in [0, 0.05) is 23.8 Å². The Morgan fingerprint density at radius 3 is 2.65 bits per heavy atom. The van der Waals surface area contributed by atoms with E-state index in [9.17, 15) is 13.2 Å². The molecule has 3 aromatic rings. The van der Waals surface area contributed by atoms with E-state index < -0.39 is 10.0 Å². The highest BCUT2D eigenvalue weighted by atomic mass is 79.9. The number of benzene rings is 1. The van der Waals surface area contributed by atoms with Crippen LogP contribution in [0.4, 0.5) is 10.8 Å². The Hall–Kier alpha value is -2.24. The number of amides is 1. The first-order valence-corrected chi connectivity index (χ1v) is 10.6. The molecule has 11 heteroatoms. The van der Waals surface area contributed by atoms with Crippen LogP contribution in [0.15, 0.2) is 51.4 Å². The summed E-state index contributed by atoms with van der Waals surface area (Å²) in [7, 11) is -3.73. The zero-order valence-corrected chi connectivity index (χ0v) is 16.7. The summed E-state index contributed by atoms with van der Waals surface area (Å²) in [6.07, 6.45) is 3.07. The maximum atomic E-state index is 12.4. The average molecular weight is 456 g/mol. The van der Waals surface area contributed by atoms with Crippen molar-refractivity contribution in [3.8, 4) is 0 Å². The van der Waals surface area contributed by atoms with Gasteiger partial charge < -0.3 is 5.32 Å². The summed E-state index contributed by atoms with van der Waals surface area (Å²) in [5.41, 5.74) is 0.869. The Labute approximate surface area is 162 Å². The molecule has 26 heavy (non-hydrogen) atoms. The van der Waals surface area contributed by atoms with Gasteiger partial charge in [-0.15, -0.1) is 11.3 Å². The van der Waals surface area contributed by atoms with Gasteiger partial charge in [-0.05, 0) is 47.1 Å². The Morgan fingerprint density at radius 2 is 2.04 bits per heavy atom. The van der Waals surface area contributed by atoms with E-state index in [0.717, 1.165) is 0 Å². The number of rotatable bonds is 6. The molecular weight excluding hydrogens is 442 g/mol. The maximum Gasteiger partial charge on any atom is 0.275 e.